The molecule has 6 nitrogen and oxygen atoms in total. The van der Waals surface area contributed by atoms with Crippen LogP contribution in [0.4, 0.5) is 0 Å². The number of carbonyl (C=O) groups excluding carboxylic acids is 1. The van der Waals surface area contributed by atoms with Gasteiger partial charge in [-0.05, 0) is 31.8 Å². The molecule has 0 spiro atoms. The molecule has 0 saturated carbocycles. The summed E-state index contributed by atoms with van der Waals surface area (Å²) in [4.78, 5) is 22.1. The quantitative estimate of drug-likeness (QED) is 0.278. The molecule has 0 aromatic rings. The van der Waals surface area contributed by atoms with E-state index in [1.807, 2.05) is 12.2 Å². The second-order valence-electron chi connectivity index (χ2n) is 6.83. The topological polar surface area (TPSA) is 104 Å². The van der Waals surface area contributed by atoms with E-state index in [2.05, 4.69) is 6.92 Å². The van der Waals surface area contributed by atoms with Crippen LogP contribution in [0, 0.1) is 5.92 Å². The SMILES string of the molecule is CCCCC[C@@H](O)/C=C/[C@H]1OC(=O)C[C@@H](O)[C@H]1C/C=C\CCCC(=O)O. The second-order valence-corrected chi connectivity index (χ2v) is 6.83. The van der Waals surface area contributed by atoms with E-state index in [9.17, 15) is 19.8 Å². The minimum absolute atomic E-state index is 0.0269. The number of aliphatic hydroxyl groups excluding tert-OH is 2. The molecular weight excluding hydrogens is 336 g/mol. The van der Waals surface area contributed by atoms with Gasteiger partial charge in [-0.15, -0.1) is 0 Å². The Balaban J connectivity index is 2.54. The Morgan fingerprint density at radius 3 is 2.77 bits per heavy atom. The van der Waals surface area contributed by atoms with E-state index in [0.717, 1.165) is 19.3 Å². The molecule has 0 aromatic heterocycles. The highest BCUT2D eigenvalue weighted by Gasteiger charge is 2.35. The summed E-state index contributed by atoms with van der Waals surface area (Å²) in [5, 5.41) is 28.8. The van der Waals surface area contributed by atoms with Gasteiger partial charge in [-0.1, -0.05) is 44.4 Å². The molecule has 148 valence electrons. The van der Waals surface area contributed by atoms with Crippen LogP contribution in [0.2, 0.25) is 0 Å². The van der Waals surface area contributed by atoms with Crippen LogP contribution >= 0.6 is 0 Å². The zero-order valence-electron chi connectivity index (χ0n) is 15.5. The van der Waals surface area contributed by atoms with Gasteiger partial charge in [-0.3, -0.25) is 9.59 Å². The van der Waals surface area contributed by atoms with E-state index in [0.29, 0.717) is 25.7 Å². The fourth-order valence-electron chi connectivity index (χ4n) is 2.98. The molecule has 0 aliphatic carbocycles. The van der Waals surface area contributed by atoms with Crippen molar-refractivity contribution in [1.29, 1.82) is 0 Å². The molecule has 1 saturated heterocycles. The monoisotopic (exact) mass is 368 g/mol. The number of hydrogen-bond acceptors (Lipinski definition) is 5. The molecule has 0 bridgehead atoms. The van der Waals surface area contributed by atoms with Crippen molar-refractivity contribution in [2.45, 2.75) is 83.0 Å². The zero-order valence-corrected chi connectivity index (χ0v) is 15.5. The van der Waals surface area contributed by atoms with E-state index >= 15 is 0 Å². The van der Waals surface area contributed by atoms with Crippen LogP contribution in [-0.4, -0.2) is 45.6 Å². The van der Waals surface area contributed by atoms with Crippen molar-refractivity contribution in [1.82, 2.24) is 0 Å². The maximum atomic E-state index is 11.6. The number of carbonyl (C=O) groups is 2. The predicted octanol–water partition coefficient (Wildman–Crippen LogP) is 2.98. The Morgan fingerprint density at radius 1 is 1.31 bits per heavy atom. The molecule has 1 fully saturated rings. The zero-order chi connectivity index (χ0) is 19.4. The predicted molar refractivity (Wildman–Crippen MR) is 98.5 cm³/mol. The molecule has 0 unspecified atom stereocenters. The number of hydrogen-bond donors (Lipinski definition) is 3. The lowest BCUT2D eigenvalue weighted by atomic mass is 9.87. The molecule has 0 radical (unpaired) electrons. The Labute approximate surface area is 155 Å². The summed E-state index contributed by atoms with van der Waals surface area (Å²) < 4.78 is 5.35. The second kappa shape index (κ2) is 12.7. The number of aliphatic carboxylic acids is 1. The van der Waals surface area contributed by atoms with E-state index in [-0.39, 0.29) is 18.8 Å². The number of aliphatic hydroxyl groups is 2. The first-order chi connectivity index (χ1) is 12.4. The first-order valence-corrected chi connectivity index (χ1v) is 9.54. The lowest BCUT2D eigenvalue weighted by Crippen LogP contribution is -2.41. The van der Waals surface area contributed by atoms with Gasteiger partial charge in [0.1, 0.15) is 6.10 Å². The van der Waals surface area contributed by atoms with Crippen molar-refractivity contribution >= 4 is 11.9 Å². The van der Waals surface area contributed by atoms with Crippen LogP contribution in [0.25, 0.3) is 0 Å². The largest absolute Gasteiger partial charge is 0.481 e. The lowest BCUT2D eigenvalue weighted by molar-refractivity contribution is -0.163. The Hall–Kier alpha value is -1.66. The number of rotatable bonds is 12. The third-order valence-corrected chi connectivity index (χ3v) is 4.52. The van der Waals surface area contributed by atoms with Crippen molar-refractivity contribution in [3.63, 3.8) is 0 Å². The number of cyclic esters (lactones) is 1. The van der Waals surface area contributed by atoms with Gasteiger partial charge in [0.05, 0.1) is 18.6 Å². The molecule has 1 aliphatic heterocycles. The van der Waals surface area contributed by atoms with Crippen LogP contribution in [-0.2, 0) is 14.3 Å². The van der Waals surface area contributed by atoms with Crippen molar-refractivity contribution in [2.24, 2.45) is 5.92 Å². The van der Waals surface area contributed by atoms with E-state index in [1.165, 1.54) is 0 Å². The van der Waals surface area contributed by atoms with E-state index in [4.69, 9.17) is 9.84 Å². The number of esters is 1. The number of carboxylic acid groups (broad SMARTS) is 1. The first-order valence-electron chi connectivity index (χ1n) is 9.54. The summed E-state index contributed by atoms with van der Waals surface area (Å²) in [6, 6.07) is 0. The van der Waals surface area contributed by atoms with Crippen molar-refractivity contribution in [3.8, 4) is 0 Å². The molecule has 4 atom stereocenters. The number of ether oxygens (including phenoxy) is 1. The highest BCUT2D eigenvalue weighted by atomic mass is 16.5. The van der Waals surface area contributed by atoms with Gasteiger partial charge in [-0.25, -0.2) is 0 Å². The maximum Gasteiger partial charge on any atom is 0.309 e. The molecule has 1 rings (SSSR count). The van der Waals surface area contributed by atoms with E-state index in [1.54, 1.807) is 12.2 Å². The molecule has 0 aromatic carbocycles. The van der Waals surface area contributed by atoms with Gasteiger partial charge in [0.15, 0.2) is 0 Å². The smallest absolute Gasteiger partial charge is 0.309 e. The van der Waals surface area contributed by atoms with Gasteiger partial charge in [0, 0.05) is 12.3 Å². The average molecular weight is 368 g/mol. The molecular formula is C20H32O6. The normalized spacial score (nSPS) is 24.9. The van der Waals surface area contributed by atoms with Gasteiger partial charge in [0.2, 0.25) is 0 Å². The lowest BCUT2D eigenvalue weighted by Gasteiger charge is -2.32. The minimum atomic E-state index is -0.810. The summed E-state index contributed by atoms with van der Waals surface area (Å²) in [5.41, 5.74) is 0. The fraction of sp³-hybridized carbons (Fsp3) is 0.700. The molecule has 1 heterocycles. The fourth-order valence-corrected chi connectivity index (χ4v) is 2.98. The van der Waals surface area contributed by atoms with Crippen LogP contribution in [0.3, 0.4) is 0 Å². The number of carboxylic acids is 1. The summed E-state index contributed by atoms with van der Waals surface area (Å²) in [6.45, 7) is 2.10. The summed E-state index contributed by atoms with van der Waals surface area (Å²) in [5.74, 6) is -1.51. The van der Waals surface area contributed by atoms with Crippen molar-refractivity contribution in [2.75, 3.05) is 0 Å². The molecule has 1 aliphatic rings. The Morgan fingerprint density at radius 2 is 2.08 bits per heavy atom. The standard InChI is InChI=1S/C20H32O6/c1-2-3-6-9-15(21)12-13-18-16(17(22)14-20(25)26-18)10-7-4-5-8-11-19(23)24/h4,7,12-13,15-18,21-22H,2-3,5-6,8-11,14H2,1H3,(H,23,24)/b7-4-,13-12+/t15-,16-,17-,18-/m1/s1. The number of unbranched alkanes of at least 4 members (excludes halogenated alkanes) is 3. The van der Waals surface area contributed by atoms with E-state index < -0.39 is 30.3 Å². The average Bonchev–Trinajstić information content (AvgIpc) is 2.57. The summed E-state index contributed by atoms with van der Waals surface area (Å²) >= 11 is 0. The molecule has 6 heteroatoms. The van der Waals surface area contributed by atoms with Crippen LogP contribution in [0.5, 0.6) is 0 Å². The van der Waals surface area contributed by atoms with Crippen LogP contribution < -0.4 is 0 Å². The molecule has 0 amide bonds. The molecule has 3 N–H and O–H groups in total. The highest BCUT2D eigenvalue weighted by Crippen LogP contribution is 2.27. The number of allylic oxidation sites excluding steroid dienone is 2. The van der Waals surface area contributed by atoms with Crippen molar-refractivity contribution < 1.29 is 29.6 Å². The minimum Gasteiger partial charge on any atom is -0.481 e. The van der Waals surface area contributed by atoms with Gasteiger partial charge in [0.25, 0.3) is 0 Å². The third kappa shape index (κ3) is 9.15. The maximum absolute atomic E-state index is 11.6. The highest BCUT2D eigenvalue weighted by molar-refractivity contribution is 5.71. The van der Waals surface area contributed by atoms with Crippen LogP contribution in [0.15, 0.2) is 24.3 Å². The van der Waals surface area contributed by atoms with Gasteiger partial charge >= 0.3 is 11.9 Å². The van der Waals surface area contributed by atoms with Crippen LogP contribution in [0.1, 0.15) is 64.7 Å². The van der Waals surface area contributed by atoms with Gasteiger partial charge < -0.3 is 20.1 Å². The van der Waals surface area contributed by atoms with Gasteiger partial charge in [-0.2, -0.15) is 0 Å². The first kappa shape index (κ1) is 22.4. The third-order valence-electron chi connectivity index (χ3n) is 4.52. The summed E-state index contributed by atoms with van der Waals surface area (Å²) in [7, 11) is 0. The van der Waals surface area contributed by atoms with Crippen molar-refractivity contribution in [3.05, 3.63) is 24.3 Å². The Bertz CT molecular complexity index is 485. The Kier molecular flexibility index (Phi) is 10.9. The summed E-state index contributed by atoms with van der Waals surface area (Å²) in [6.07, 6.45) is 10.8. The molecule has 26 heavy (non-hydrogen) atoms.